The zero-order valence-electron chi connectivity index (χ0n) is 14.7. The highest BCUT2D eigenvalue weighted by Gasteiger charge is 2.06. The normalized spacial score (nSPS) is 11.1. The highest BCUT2D eigenvalue weighted by molar-refractivity contribution is 5.90. The van der Waals surface area contributed by atoms with E-state index in [2.05, 4.69) is 10.5 Å². The van der Waals surface area contributed by atoms with Crippen molar-refractivity contribution in [3.8, 4) is 5.69 Å². The molecule has 0 aliphatic carbocycles. The van der Waals surface area contributed by atoms with Crippen molar-refractivity contribution in [1.82, 2.24) is 9.99 Å². The molecule has 4 rings (SSSR count). The summed E-state index contributed by atoms with van der Waals surface area (Å²) in [6.07, 6.45) is 3.92. The number of nitrogens with zero attached hydrogens (tertiary/aromatic N) is 2. The maximum Gasteiger partial charge on any atom is 0.244 e. The number of carbonyl (C=O) groups is 1. The molecular weight excluding hydrogens is 334 g/mol. The van der Waals surface area contributed by atoms with Gasteiger partial charge in [-0.2, -0.15) is 5.10 Å². The van der Waals surface area contributed by atoms with Crippen LogP contribution in [0.4, 0.5) is 0 Å². The lowest BCUT2D eigenvalue weighted by molar-refractivity contribution is -0.120. The van der Waals surface area contributed by atoms with Crippen molar-refractivity contribution in [1.29, 1.82) is 0 Å². The first-order valence-electron chi connectivity index (χ1n) is 8.82. The number of aromatic nitrogens is 1. The summed E-state index contributed by atoms with van der Waals surface area (Å²) in [5.41, 5.74) is 5.57. The molecule has 0 saturated carbocycles. The van der Waals surface area contributed by atoms with E-state index in [0.29, 0.717) is 6.42 Å². The molecule has 0 aliphatic rings. The van der Waals surface area contributed by atoms with Gasteiger partial charge in [0.05, 0.1) is 18.3 Å². The number of nitrogens with one attached hydrogen (secondary N) is 1. The molecule has 0 aliphatic heterocycles. The van der Waals surface area contributed by atoms with E-state index in [9.17, 15) is 4.79 Å². The SMILES string of the molecule is O=C(Cc1cccc2ccccc12)NN=Cc1cccn1-c1ccccc1. The fraction of sp³-hybridized carbons (Fsp3) is 0.0435. The average Bonchev–Trinajstić information content (AvgIpc) is 3.17. The van der Waals surface area contributed by atoms with E-state index >= 15 is 0 Å². The molecule has 0 spiro atoms. The van der Waals surface area contributed by atoms with E-state index in [1.54, 1.807) is 6.21 Å². The zero-order valence-corrected chi connectivity index (χ0v) is 14.7. The topological polar surface area (TPSA) is 46.4 Å². The zero-order chi connectivity index (χ0) is 18.5. The van der Waals surface area contributed by atoms with Gasteiger partial charge in [0, 0.05) is 11.9 Å². The van der Waals surface area contributed by atoms with E-state index in [1.807, 2.05) is 95.7 Å². The second-order valence-electron chi connectivity index (χ2n) is 6.25. The first-order chi connectivity index (χ1) is 13.3. The maximum atomic E-state index is 12.3. The van der Waals surface area contributed by atoms with Crippen LogP contribution in [0, 0.1) is 0 Å². The van der Waals surface area contributed by atoms with E-state index in [1.165, 1.54) is 0 Å². The van der Waals surface area contributed by atoms with Gasteiger partial charge in [0.15, 0.2) is 0 Å². The van der Waals surface area contributed by atoms with Crippen LogP contribution in [0.2, 0.25) is 0 Å². The van der Waals surface area contributed by atoms with Crippen LogP contribution in [0.15, 0.2) is 96.2 Å². The second-order valence-corrected chi connectivity index (χ2v) is 6.25. The van der Waals surface area contributed by atoms with Gasteiger partial charge in [-0.05, 0) is 40.6 Å². The number of hydrazone groups is 1. The number of amides is 1. The molecule has 1 amide bonds. The van der Waals surface area contributed by atoms with Crippen molar-refractivity contribution in [3.63, 3.8) is 0 Å². The lowest BCUT2D eigenvalue weighted by Gasteiger charge is -2.06. The summed E-state index contributed by atoms with van der Waals surface area (Å²) < 4.78 is 2.01. The van der Waals surface area contributed by atoms with Crippen molar-refractivity contribution in [2.75, 3.05) is 0 Å². The van der Waals surface area contributed by atoms with Gasteiger partial charge in [-0.1, -0.05) is 60.7 Å². The molecule has 0 atom stereocenters. The van der Waals surface area contributed by atoms with Crippen LogP contribution in [-0.2, 0) is 11.2 Å². The summed E-state index contributed by atoms with van der Waals surface area (Å²) in [5.74, 6) is -0.138. The van der Waals surface area contributed by atoms with Gasteiger partial charge in [-0.25, -0.2) is 5.43 Å². The Morgan fingerprint density at radius 3 is 2.56 bits per heavy atom. The molecular formula is C23H19N3O. The second kappa shape index (κ2) is 7.70. The monoisotopic (exact) mass is 353 g/mol. The van der Waals surface area contributed by atoms with Gasteiger partial charge in [0.2, 0.25) is 5.91 Å². The van der Waals surface area contributed by atoms with Crippen molar-refractivity contribution in [2.24, 2.45) is 5.10 Å². The van der Waals surface area contributed by atoms with Crippen molar-refractivity contribution < 1.29 is 4.79 Å². The Morgan fingerprint density at radius 1 is 0.889 bits per heavy atom. The van der Waals surface area contributed by atoms with E-state index < -0.39 is 0 Å². The third kappa shape index (κ3) is 3.80. The average molecular weight is 353 g/mol. The third-order valence-corrected chi connectivity index (χ3v) is 4.43. The fourth-order valence-corrected chi connectivity index (χ4v) is 3.15. The number of carbonyl (C=O) groups excluding carboxylic acids is 1. The first kappa shape index (κ1) is 16.8. The Hall–Kier alpha value is -3.66. The van der Waals surface area contributed by atoms with Crippen LogP contribution in [0.1, 0.15) is 11.3 Å². The quantitative estimate of drug-likeness (QED) is 0.421. The van der Waals surface area contributed by atoms with Crippen LogP contribution in [0.25, 0.3) is 16.5 Å². The standard InChI is InChI=1S/C23H19N3O/c27-23(16-19-10-6-9-18-8-4-5-14-22(18)19)25-24-17-21-13-7-15-26(21)20-11-2-1-3-12-20/h1-15,17H,16H2,(H,25,27). The molecule has 0 saturated heterocycles. The molecule has 27 heavy (non-hydrogen) atoms. The Kier molecular flexibility index (Phi) is 4.79. The molecule has 1 heterocycles. The molecule has 1 aromatic heterocycles. The lowest BCUT2D eigenvalue weighted by atomic mass is 10.0. The highest BCUT2D eigenvalue weighted by Crippen LogP contribution is 2.18. The van der Waals surface area contributed by atoms with Crippen LogP contribution >= 0.6 is 0 Å². The molecule has 4 nitrogen and oxygen atoms in total. The minimum absolute atomic E-state index is 0.138. The molecule has 4 aromatic rings. The first-order valence-corrected chi connectivity index (χ1v) is 8.82. The molecule has 0 unspecified atom stereocenters. The molecule has 1 N–H and O–H groups in total. The van der Waals surface area contributed by atoms with E-state index in [-0.39, 0.29) is 5.91 Å². The summed E-state index contributed by atoms with van der Waals surface area (Å²) in [6, 6.07) is 28.0. The molecule has 0 radical (unpaired) electrons. The summed E-state index contributed by atoms with van der Waals surface area (Å²) in [4.78, 5) is 12.3. The summed E-state index contributed by atoms with van der Waals surface area (Å²) in [6.45, 7) is 0. The molecule has 0 bridgehead atoms. The van der Waals surface area contributed by atoms with Gasteiger partial charge >= 0.3 is 0 Å². The summed E-state index contributed by atoms with van der Waals surface area (Å²) in [5, 5.41) is 6.36. The summed E-state index contributed by atoms with van der Waals surface area (Å²) >= 11 is 0. The number of hydrogen-bond acceptors (Lipinski definition) is 2. The van der Waals surface area contributed by atoms with Crippen LogP contribution in [0.5, 0.6) is 0 Å². The van der Waals surface area contributed by atoms with Crippen molar-refractivity contribution >= 4 is 22.9 Å². The minimum atomic E-state index is -0.138. The molecule has 4 heteroatoms. The van der Waals surface area contributed by atoms with Crippen LogP contribution < -0.4 is 5.43 Å². The number of benzene rings is 3. The van der Waals surface area contributed by atoms with Crippen LogP contribution in [-0.4, -0.2) is 16.7 Å². The van der Waals surface area contributed by atoms with E-state index in [4.69, 9.17) is 0 Å². The molecule has 0 fully saturated rings. The Labute approximate surface area is 157 Å². The van der Waals surface area contributed by atoms with Crippen LogP contribution in [0.3, 0.4) is 0 Å². The fourth-order valence-electron chi connectivity index (χ4n) is 3.15. The minimum Gasteiger partial charge on any atom is -0.316 e. The predicted octanol–water partition coefficient (Wildman–Crippen LogP) is 4.32. The number of para-hydroxylation sites is 1. The number of fused-ring (bicyclic) bond motifs is 1. The van der Waals surface area contributed by atoms with Crippen molar-refractivity contribution in [2.45, 2.75) is 6.42 Å². The number of hydrogen-bond donors (Lipinski definition) is 1. The van der Waals surface area contributed by atoms with Gasteiger partial charge in [0.25, 0.3) is 0 Å². The molecule has 3 aromatic carbocycles. The number of rotatable bonds is 5. The largest absolute Gasteiger partial charge is 0.316 e. The lowest BCUT2D eigenvalue weighted by Crippen LogP contribution is -2.20. The van der Waals surface area contributed by atoms with Gasteiger partial charge < -0.3 is 4.57 Å². The van der Waals surface area contributed by atoms with Gasteiger partial charge in [-0.3, -0.25) is 4.79 Å². The molecule has 132 valence electrons. The Balaban J connectivity index is 1.45. The third-order valence-electron chi connectivity index (χ3n) is 4.43. The van der Waals surface area contributed by atoms with Gasteiger partial charge in [0.1, 0.15) is 0 Å². The Bertz CT molecular complexity index is 1090. The maximum absolute atomic E-state index is 12.3. The van der Waals surface area contributed by atoms with Crippen molar-refractivity contribution in [3.05, 3.63) is 102 Å². The van der Waals surface area contributed by atoms with E-state index in [0.717, 1.165) is 27.7 Å². The smallest absolute Gasteiger partial charge is 0.244 e. The Morgan fingerprint density at radius 2 is 1.67 bits per heavy atom. The summed E-state index contributed by atoms with van der Waals surface area (Å²) in [7, 11) is 0. The highest BCUT2D eigenvalue weighted by atomic mass is 16.2. The predicted molar refractivity (Wildman–Crippen MR) is 109 cm³/mol. The van der Waals surface area contributed by atoms with Gasteiger partial charge in [-0.15, -0.1) is 0 Å².